The molecule has 0 aromatic rings. The largest absolute Gasteiger partial charge is 0.480 e. The second-order valence-corrected chi connectivity index (χ2v) is 7.33. The van der Waals surface area contributed by atoms with Crippen molar-refractivity contribution in [2.24, 2.45) is 5.73 Å². The van der Waals surface area contributed by atoms with Crippen LogP contribution < -0.4 is 16.4 Å². The van der Waals surface area contributed by atoms with Gasteiger partial charge in [-0.05, 0) is 33.7 Å². The number of alkyl carbamates (subject to hydrolysis) is 1. The molecule has 1 amide bonds. The Bertz CT molecular complexity index is 446. The van der Waals surface area contributed by atoms with Crippen molar-refractivity contribution in [2.45, 2.75) is 38.8 Å². The van der Waals surface area contributed by atoms with Gasteiger partial charge in [0.15, 0.2) is 0 Å². The van der Waals surface area contributed by atoms with Crippen LogP contribution in [0.4, 0.5) is 4.79 Å². The average molecular weight is 438 g/mol. The third-order valence-electron chi connectivity index (χ3n) is 3.36. The molecule has 0 rings (SSSR count). The SMILES string of the molecule is CC(C)(C)OC(=O)N[C@H](CNCCCOCCOCCOCCOCCN)C(=O)O. The Balaban J connectivity index is 3.52. The maximum Gasteiger partial charge on any atom is 0.408 e. The van der Waals surface area contributed by atoms with Gasteiger partial charge in [-0.3, -0.25) is 0 Å². The molecular formula is C19H39N3O8. The van der Waals surface area contributed by atoms with Crippen LogP contribution in [0.5, 0.6) is 0 Å². The second kappa shape index (κ2) is 18.3. The minimum Gasteiger partial charge on any atom is -0.480 e. The zero-order valence-corrected chi connectivity index (χ0v) is 18.4. The molecule has 0 aromatic carbocycles. The summed E-state index contributed by atoms with van der Waals surface area (Å²) in [5.41, 5.74) is 4.61. The van der Waals surface area contributed by atoms with E-state index in [1.165, 1.54) is 0 Å². The van der Waals surface area contributed by atoms with Crippen molar-refractivity contribution in [1.82, 2.24) is 10.6 Å². The number of hydrogen-bond acceptors (Lipinski definition) is 9. The number of rotatable bonds is 19. The maximum atomic E-state index is 11.7. The van der Waals surface area contributed by atoms with E-state index < -0.39 is 23.7 Å². The highest BCUT2D eigenvalue weighted by Crippen LogP contribution is 2.06. The molecule has 11 nitrogen and oxygen atoms in total. The molecule has 30 heavy (non-hydrogen) atoms. The fourth-order valence-electron chi connectivity index (χ4n) is 2.04. The fraction of sp³-hybridized carbons (Fsp3) is 0.895. The van der Waals surface area contributed by atoms with Gasteiger partial charge in [0.25, 0.3) is 0 Å². The predicted octanol–water partition coefficient (Wildman–Crippen LogP) is -0.0309. The summed E-state index contributed by atoms with van der Waals surface area (Å²) in [4.78, 5) is 22.9. The highest BCUT2D eigenvalue weighted by atomic mass is 16.6. The van der Waals surface area contributed by atoms with Gasteiger partial charge < -0.3 is 45.2 Å². The molecule has 178 valence electrons. The molecule has 0 radical (unpaired) electrons. The summed E-state index contributed by atoms with van der Waals surface area (Å²) < 4.78 is 26.4. The molecule has 0 aliphatic heterocycles. The first-order valence-electron chi connectivity index (χ1n) is 10.2. The van der Waals surface area contributed by atoms with Crippen LogP contribution in [0.15, 0.2) is 0 Å². The smallest absolute Gasteiger partial charge is 0.408 e. The molecule has 1 atom stereocenters. The number of ether oxygens (including phenoxy) is 5. The third-order valence-corrected chi connectivity index (χ3v) is 3.36. The summed E-state index contributed by atoms with van der Waals surface area (Å²) >= 11 is 0. The van der Waals surface area contributed by atoms with E-state index >= 15 is 0 Å². The number of aliphatic carboxylic acids is 1. The summed E-state index contributed by atoms with van der Waals surface area (Å²) in [7, 11) is 0. The lowest BCUT2D eigenvalue weighted by Gasteiger charge is -2.22. The van der Waals surface area contributed by atoms with Crippen molar-refractivity contribution in [3.63, 3.8) is 0 Å². The van der Waals surface area contributed by atoms with Gasteiger partial charge >= 0.3 is 12.1 Å². The van der Waals surface area contributed by atoms with E-state index in [0.29, 0.717) is 72.4 Å². The number of carbonyl (C=O) groups is 2. The van der Waals surface area contributed by atoms with E-state index in [1.807, 2.05) is 0 Å². The summed E-state index contributed by atoms with van der Waals surface area (Å²) in [6, 6.07) is -1.07. The van der Waals surface area contributed by atoms with Crippen LogP contribution in [0.3, 0.4) is 0 Å². The first-order chi connectivity index (χ1) is 14.3. The molecule has 11 heteroatoms. The Labute approximate surface area is 178 Å². The van der Waals surface area contributed by atoms with Crippen LogP contribution in [0.2, 0.25) is 0 Å². The highest BCUT2D eigenvalue weighted by molar-refractivity contribution is 5.80. The molecule has 0 heterocycles. The Morgan fingerprint density at radius 2 is 1.40 bits per heavy atom. The number of carboxylic acids is 1. The molecule has 0 bridgehead atoms. The Kier molecular flexibility index (Phi) is 17.4. The van der Waals surface area contributed by atoms with Gasteiger partial charge in [0.1, 0.15) is 11.6 Å². The number of carboxylic acid groups (broad SMARTS) is 1. The van der Waals surface area contributed by atoms with Crippen molar-refractivity contribution in [3.8, 4) is 0 Å². The van der Waals surface area contributed by atoms with Gasteiger partial charge in [0.05, 0.1) is 46.2 Å². The van der Waals surface area contributed by atoms with Gasteiger partial charge in [0, 0.05) is 19.7 Å². The molecule has 0 saturated heterocycles. The molecule has 0 fully saturated rings. The molecule has 0 aliphatic rings. The monoisotopic (exact) mass is 437 g/mol. The average Bonchev–Trinajstić information content (AvgIpc) is 2.65. The van der Waals surface area contributed by atoms with Crippen molar-refractivity contribution in [2.75, 3.05) is 72.5 Å². The zero-order chi connectivity index (χ0) is 22.7. The van der Waals surface area contributed by atoms with Crippen LogP contribution >= 0.6 is 0 Å². The third kappa shape index (κ3) is 19.8. The standard InChI is InChI=1S/C19H39N3O8/c1-19(2,3)30-18(25)22-16(17(23)24)15-21-6-4-7-26-9-11-28-13-14-29-12-10-27-8-5-20/h16,21H,4-15,20H2,1-3H3,(H,22,25)(H,23,24)/t16-/m1/s1. The van der Waals surface area contributed by atoms with Crippen LogP contribution in [0.25, 0.3) is 0 Å². The number of nitrogens with two attached hydrogens (primary N) is 1. The first kappa shape index (κ1) is 28.5. The van der Waals surface area contributed by atoms with Gasteiger partial charge in [0.2, 0.25) is 0 Å². The lowest BCUT2D eigenvalue weighted by atomic mass is 10.2. The number of nitrogens with one attached hydrogen (secondary N) is 2. The first-order valence-corrected chi connectivity index (χ1v) is 10.2. The van der Waals surface area contributed by atoms with Crippen molar-refractivity contribution >= 4 is 12.1 Å². The number of amides is 1. The van der Waals surface area contributed by atoms with Gasteiger partial charge in [-0.15, -0.1) is 0 Å². The van der Waals surface area contributed by atoms with Crippen LogP contribution in [-0.4, -0.2) is 101 Å². The van der Waals surface area contributed by atoms with Crippen molar-refractivity contribution < 1.29 is 38.4 Å². The van der Waals surface area contributed by atoms with Gasteiger partial charge in [-0.25, -0.2) is 9.59 Å². The van der Waals surface area contributed by atoms with E-state index in [4.69, 9.17) is 29.4 Å². The van der Waals surface area contributed by atoms with Gasteiger partial charge in [-0.2, -0.15) is 0 Å². The van der Waals surface area contributed by atoms with Crippen LogP contribution in [0.1, 0.15) is 27.2 Å². The van der Waals surface area contributed by atoms with E-state index in [-0.39, 0.29) is 6.54 Å². The molecule has 5 N–H and O–H groups in total. The second-order valence-electron chi connectivity index (χ2n) is 7.33. The zero-order valence-electron chi connectivity index (χ0n) is 18.4. The Hall–Kier alpha value is -1.50. The lowest BCUT2D eigenvalue weighted by Crippen LogP contribution is -2.48. The van der Waals surface area contributed by atoms with E-state index in [0.717, 1.165) is 0 Å². The summed E-state index contributed by atoms with van der Waals surface area (Å²) in [6.07, 6.45) is -0.0598. The Morgan fingerprint density at radius 3 is 1.87 bits per heavy atom. The molecule has 0 unspecified atom stereocenters. The van der Waals surface area contributed by atoms with E-state index in [1.54, 1.807) is 20.8 Å². The fourth-order valence-corrected chi connectivity index (χ4v) is 2.04. The summed E-state index contributed by atoms with van der Waals surface area (Å²) in [5.74, 6) is -1.13. The van der Waals surface area contributed by atoms with Crippen LogP contribution in [0, 0.1) is 0 Å². The molecule has 0 aliphatic carbocycles. The summed E-state index contributed by atoms with van der Waals surface area (Å²) in [5, 5.41) is 14.5. The molecule has 0 spiro atoms. The van der Waals surface area contributed by atoms with Gasteiger partial charge in [-0.1, -0.05) is 0 Å². The summed E-state index contributed by atoms with van der Waals surface area (Å²) in [6.45, 7) is 10.3. The Morgan fingerprint density at radius 1 is 0.900 bits per heavy atom. The maximum absolute atomic E-state index is 11.7. The predicted molar refractivity (Wildman–Crippen MR) is 111 cm³/mol. The minimum atomic E-state index is -1.13. The number of hydrogen-bond donors (Lipinski definition) is 4. The molecule has 0 saturated carbocycles. The van der Waals surface area contributed by atoms with E-state index in [2.05, 4.69) is 10.6 Å². The van der Waals surface area contributed by atoms with Crippen molar-refractivity contribution in [1.29, 1.82) is 0 Å². The quantitative estimate of drug-likeness (QED) is 0.203. The molecule has 0 aromatic heterocycles. The van der Waals surface area contributed by atoms with Crippen molar-refractivity contribution in [3.05, 3.63) is 0 Å². The van der Waals surface area contributed by atoms with Crippen LogP contribution in [-0.2, 0) is 28.5 Å². The molecular weight excluding hydrogens is 398 g/mol. The topological polar surface area (TPSA) is 151 Å². The number of carbonyl (C=O) groups excluding carboxylic acids is 1. The lowest BCUT2D eigenvalue weighted by molar-refractivity contribution is -0.139. The normalized spacial score (nSPS) is 12.5. The van der Waals surface area contributed by atoms with E-state index in [9.17, 15) is 14.7 Å². The highest BCUT2D eigenvalue weighted by Gasteiger charge is 2.23. The minimum absolute atomic E-state index is 0.0922.